The first kappa shape index (κ1) is 22.4. The van der Waals surface area contributed by atoms with Gasteiger partial charge in [-0.05, 0) is 43.2 Å². The maximum atomic E-state index is 6.09. The second-order valence-electron chi connectivity index (χ2n) is 6.38. The van der Waals surface area contributed by atoms with Crippen LogP contribution in [0.1, 0.15) is 64.5 Å². The second-order valence-corrected chi connectivity index (χ2v) is 6.38. The highest BCUT2D eigenvalue weighted by atomic mass is 15.0. The van der Waals surface area contributed by atoms with Crippen molar-refractivity contribution in [1.82, 2.24) is 10.3 Å². The number of aromatic nitrogens is 1. The fourth-order valence-corrected chi connectivity index (χ4v) is 2.46. The van der Waals surface area contributed by atoms with Crippen molar-refractivity contribution in [3.05, 3.63) is 71.7 Å². The van der Waals surface area contributed by atoms with Gasteiger partial charge in [0.1, 0.15) is 5.84 Å². The minimum absolute atomic E-state index is 0.582. The molecule has 146 valence electrons. The molecule has 0 unspecified atom stereocenters. The summed E-state index contributed by atoms with van der Waals surface area (Å²) in [7, 11) is 0. The Labute approximate surface area is 164 Å². The average molecular weight is 367 g/mol. The molecule has 0 fully saturated rings. The molecule has 0 bridgehead atoms. The van der Waals surface area contributed by atoms with Crippen LogP contribution >= 0.6 is 0 Å². The maximum absolute atomic E-state index is 6.09. The van der Waals surface area contributed by atoms with Crippen molar-refractivity contribution in [3.63, 3.8) is 0 Å². The normalized spacial score (nSPS) is 11.6. The Hall–Kier alpha value is -2.62. The lowest BCUT2D eigenvalue weighted by Gasteiger charge is -2.13. The Morgan fingerprint density at radius 1 is 1.07 bits per heavy atom. The molecule has 1 aromatic heterocycles. The zero-order chi connectivity index (χ0) is 19.9. The summed E-state index contributed by atoms with van der Waals surface area (Å²) in [6.45, 7) is 9.14. The number of aliphatic imine (C=N–C) groups is 1. The first-order chi connectivity index (χ1) is 13.1. The van der Waals surface area contributed by atoms with Crippen molar-refractivity contribution in [2.75, 3.05) is 5.73 Å². The first-order valence-electron chi connectivity index (χ1n) is 9.84. The number of para-hydroxylation sites is 1. The summed E-state index contributed by atoms with van der Waals surface area (Å²) < 4.78 is 0. The van der Waals surface area contributed by atoms with Crippen LogP contribution < -0.4 is 11.1 Å². The lowest BCUT2D eigenvalue weighted by atomic mass is 10.1. The van der Waals surface area contributed by atoms with E-state index in [1.165, 1.54) is 19.3 Å². The zero-order valence-electron chi connectivity index (χ0n) is 17.2. The molecular formula is C23H34N4. The number of nitrogens with zero attached hydrogens (tertiary/aromatic N) is 2. The maximum Gasteiger partial charge on any atom is 0.134 e. The number of nitrogens with two attached hydrogens (primary N) is 1. The SMILES string of the molecule is CC/C=C(\C)NC(=NCc1ccncc1)c1ccccc1N.CCCCC. The van der Waals surface area contributed by atoms with Crippen molar-refractivity contribution >= 4 is 11.5 Å². The van der Waals surface area contributed by atoms with Gasteiger partial charge in [0, 0.05) is 29.3 Å². The molecule has 0 spiro atoms. The average Bonchev–Trinajstić information content (AvgIpc) is 2.68. The number of nitrogens with one attached hydrogen (secondary N) is 1. The third kappa shape index (κ3) is 9.04. The number of rotatable bonds is 7. The van der Waals surface area contributed by atoms with Gasteiger partial charge in [-0.25, -0.2) is 0 Å². The van der Waals surface area contributed by atoms with Crippen molar-refractivity contribution in [1.29, 1.82) is 0 Å². The summed E-state index contributed by atoms with van der Waals surface area (Å²) in [6.07, 6.45) is 10.7. The molecule has 0 aliphatic heterocycles. The van der Waals surface area contributed by atoms with E-state index >= 15 is 0 Å². The molecule has 0 saturated heterocycles. The molecule has 1 heterocycles. The van der Waals surface area contributed by atoms with Crippen LogP contribution in [0.2, 0.25) is 0 Å². The first-order valence-corrected chi connectivity index (χ1v) is 9.84. The molecule has 1 aromatic carbocycles. The van der Waals surface area contributed by atoms with Crippen molar-refractivity contribution in [2.24, 2.45) is 4.99 Å². The van der Waals surface area contributed by atoms with E-state index in [-0.39, 0.29) is 0 Å². The topological polar surface area (TPSA) is 63.3 Å². The molecule has 0 radical (unpaired) electrons. The van der Waals surface area contributed by atoms with Gasteiger partial charge >= 0.3 is 0 Å². The highest BCUT2D eigenvalue weighted by molar-refractivity contribution is 6.03. The number of allylic oxidation sites excluding steroid dienone is 2. The number of hydrogen-bond donors (Lipinski definition) is 2. The van der Waals surface area contributed by atoms with E-state index in [2.05, 4.69) is 37.1 Å². The summed E-state index contributed by atoms with van der Waals surface area (Å²) >= 11 is 0. The van der Waals surface area contributed by atoms with Gasteiger partial charge in [0.05, 0.1) is 6.54 Å². The van der Waals surface area contributed by atoms with E-state index in [1.54, 1.807) is 12.4 Å². The molecule has 0 amide bonds. The van der Waals surface area contributed by atoms with E-state index in [4.69, 9.17) is 10.7 Å². The quantitative estimate of drug-likeness (QED) is 0.375. The number of unbranched alkanes of at least 4 members (excludes halogenated alkanes) is 2. The lowest BCUT2D eigenvalue weighted by Crippen LogP contribution is -2.24. The van der Waals surface area contributed by atoms with Crippen LogP contribution in [-0.2, 0) is 6.54 Å². The Morgan fingerprint density at radius 3 is 2.30 bits per heavy atom. The summed E-state index contributed by atoms with van der Waals surface area (Å²) in [4.78, 5) is 8.73. The van der Waals surface area contributed by atoms with Crippen LogP contribution in [0.5, 0.6) is 0 Å². The molecule has 2 rings (SSSR count). The largest absolute Gasteiger partial charge is 0.398 e. The molecular weight excluding hydrogens is 332 g/mol. The van der Waals surface area contributed by atoms with Crippen LogP contribution in [0, 0.1) is 0 Å². The molecule has 0 atom stereocenters. The van der Waals surface area contributed by atoms with Gasteiger partial charge < -0.3 is 11.1 Å². The smallest absolute Gasteiger partial charge is 0.134 e. The fourth-order valence-electron chi connectivity index (χ4n) is 2.46. The number of hydrogen-bond acceptors (Lipinski definition) is 3. The molecule has 0 aliphatic rings. The van der Waals surface area contributed by atoms with Gasteiger partial charge in [-0.3, -0.25) is 9.98 Å². The fraction of sp³-hybridized carbons (Fsp3) is 0.391. The van der Waals surface area contributed by atoms with Crippen molar-refractivity contribution in [2.45, 2.75) is 59.9 Å². The number of anilines is 1. The molecule has 3 N–H and O–H groups in total. The summed E-state index contributed by atoms with van der Waals surface area (Å²) in [6, 6.07) is 11.7. The Bertz CT molecular complexity index is 703. The monoisotopic (exact) mass is 366 g/mol. The minimum atomic E-state index is 0.582. The summed E-state index contributed by atoms with van der Waals surface area (Å²) in [5.41, 5.74) is 9.90. The van der Waals surface area contributed by atoms with Crippen LogP contribution in [0.25, 0.3) is 0 Å². The molecule has 4 heteroatoms. The molecule has 2 aromatic rings. The predicted molar refractivity (Wildman–Crippen MR) is 118 cm³/mol. The molecule has 0 aliphatic carbocycles. The van der Waals surface area contributed by atoms with Gasteiger partial charge in [-0.1, -0.05) is 58.2 Å². The van der Waals surface area contributed by atoms with E-state index < -0.39 is 0 Å². The number of nitrogen functional groups attached to an aromatic ring is 1. The van der Waals surface area contributed by atoms with Crippen LogP contribution in [0.15, 0.2) is 65.6 Å². The number of pyridine rings is 1. The van der Waals surface area contributed by atoms with Gasteiger partial charge in [0.2, 0.25) is 0 Å². The third-order valence-corrected chi connectivity index (χ3v) is 3.92. The van der Waals surface area contributed by atoms with Gasteiger partial charge in [0.25, 0.3) is 0 Å². The Kier molecular flexibility index (Phi) is 11.3. The van der Waals surface area contributed by atoms with Crippen LogP contribution in [-0.4, -0.2) is 10.8 Å². The van der Waals surface area contributed by atoms with Crippen molar-refractivity contribution in [3.8, 4) is 0 Å². The standard InChI is InChI=1S/C18H22N4.C5H12/c1-3-6-14(2)22-18(16-7-4-5-8-17(16)19)21-13-15-9-11-20-12-10-15;1-3-5-4-2/h4-12H,3,13,19H2,1-2H3,(H,21,22);3-5H2,1-2H3/b14-6+;. The van der Waals surface area contributed by atoms with Crippen LogP contribution in [0.3, 0.4) is 0 Å². The van der Waals surface area contributed by atoms with E-state index in [0.717, 1.165) is 29.1 Å². The number of benzene rings is 1. The Balaban J connectivity index is 0.000000646. The van der Waals surface area contributed by atoms with Crippen LogP contribution in [0.4, 0.5) is 5.69 Å². The minimum Gasteiger partial charge on any atom is -0.398 e. The van der Waals surface area contributed by atoms with E-state index in [9.17, 15) is 0 Å². The highest BCUT2D eigenvalue weighted by Gasteiger charge is 2.07. The molecule has 4 nitrogen and oxygen atoms in total. The number of amidine groups is 1. The third-order valence-electron chi connectivity index (χ3n) is 3.92. The van der Waals surface area contributed by atoms with Gasteiger partial charge in [-0.2, -0.15) is 0 Å². The predicted octanol–water partition coefficient (Wildman–Crippen LogP) is 5.71. The lowest BCUT2D eigenvalue weighted by molar-refractivity contribution is 0.772. The van der Waals surface area contributed by atoms with Crippen molar-refractivity contribution < 1.29 is 0 Å². The van der Waals surface area contributed by atoms with E-state index in [0.29, 0.717) is 12.2 Å². The zero-order valence-corrected chi connectivity index (χ0v) is 17.2. The Morgan fingerprint density at radius 2 is 1.74 bits per heavy atom. The van der Waals surface area contributed by atoms with Gasteiger partial charge in [-0.15, -0.1) is 0 Å². The van der Waals surface area contributed by atoms with Gasteiger partial charge in [0.15, 0.2) is 0 Å². The molecule has 27 heavy (non-hydrogen) atoms. The van der Waals surface area contributed by atoms with E-state index in [1.807, 2.05) is 43.3 Å². The molecule has 0 saturated carbocycles. The summed E-state index contributed by atoms with van der Waals surface area (Å²) in [5.74, 6) is 0.789. The highest BCUT2D eigenvalue weighted by Crippen LogP contribution is 2.13. The summed E-state index contributed by atoms with van der Waals surface area (Å²) in [5, 5.41) is 3.36. The second kappa shape index (κ2) is 13.6.